The third-order valence-corrected chi connectivity index (χ3v) is 9.70. The first kappa shape index (κ1) is 21.2. The normalized spacial score (nSPS) is 19.0. The Bertz CT molecular complexity index is 1170. The lowest BCUT2D eigenvalue weighted by Gasteiger charge is -2.24. The molecule has 0 amide bonds. The summed E-state index contributed by atoms with van der Waals surface area (Å²) in [6.45, 7) is 2.85. The van der Waals surface area contributed by atoms with Crippen LogP contribution in [-0.2, 0) is 26.5 Å². The van der Waals surface area contributed by atoms with E-state index in [4.69, 9.17) is 0 Å². The van der Waals surface area contributed by atoms with Crippen LogP contribution in [0.3, 0.4) is 0 Å². The molecular weight excluding hydrogens is 420 g/mol. The van der Waals surface area contributed by atoms with Crippen LogP contribution in [0.25, 0.3) is 6.08 Å². The summed E-state index contributed by atoms with van der Waals surface area (Å²) in [6.07, 6.45) is 3.40. The molecule has 0 unspecified atom stereocenters. The summed E-state index contributed by atoms with van der Waals surface area (Å²) in [7, 11) is -7.26. The molecule has 160 valence electrons. The molecule has 6 nitrogen and oxygen atoms in total. The highest BCUT2D eigenvalue weighted by atomic mass is 32.2. The number of rotatable bonds is 4. The minimum atomic E-state index is -3.64. The Morgan fingerprint density at radius 1 is 0.733 bits per heavy atom. The summed E-state index contributed by atoms with van der Waals surface area (Å²) in [5.74, 6) is 0. The van der Waals surface area contributed by atoms with Gasteiger partial charge in [0.15, 0.2) is 0 Å². The van der Waals surface area contributed by atoms with E-state index in [1.807, 2.05) is 31.2 Å². The molecule has 0 N–H and O–H groups in total. The zero-order chi connectivity index (χ0) is 21.4. The first-order valence-electron chi connectivity index (χ1n) is 10.1. The summed E-state index contributed by atoms with van der Waals surface area (Å²) in [6, 6.07) is 14.6. The Morgan fingerprint density at radius 3 is 2.07 bits per heavy atom. The van der Waals surface area contributed by atoms with E-state index >= 15 is 0 Å². The van der Waals surface area contributed by atoms with Gasteiger partial charge in [0.2, 0.25) is 20.0 Å². The van der Waals surface area contributed by atoms with Crippen molar-refractivity contribution in [2.75, 3.05) is 26.2 Å². The van der Waals surface area contributed by atoms with Gasteiger partial charge >= 0.3 is 0 Å². The summed E-state index contributed by atoms with van der Waals surface area (Å²) < 4.78 is 55.3. The molecule has 1 fully saturated rings. The fourth-order valence-corrected chi connectivity index (χ4v) is 7.11. The molecule has 0 aromatic heterocycles. The predicted molar refractivity (Wildman–Crippen MR) is 118 cm³/mol. The van der Waals surface area contributed by atoms with E-state index < -0.39 is 20.0 Å². The van der Waals surface area contributed by atoms with Crippen molar-refractivity contribution < 1.29 is 16.8 Å². The molecule has 4 rings (SSSR count). The van der Waals surface area contributed by atoms with Crippen LogP contribution >= 0.6 is 0 Å². The van der Waals surface area contributed by atoms with Crippen molar-refractivity contribution >= 4 is 26.1 Å². The van der Waals surface area contributed by atoms with Crippen LogP contribution < -0.4 is 0 Å². The van der Waals surface area contributed by atoms with Gasteiger partial charge in [0, 0.05) is 26.2 Å². The Hall–Kier alpha value is -2.00. The van der Waals surface area contributed by atoms with E-state index in [0.717, 1.165) is 16.7 Å². The number of nitrogens with zero attached hydrogens (tertiary/aromatic N) is 2. The van der Waals surface area contributed by atoms with Gasteiger partial charge < -0.3 is 0 Å². The van der Waals surface area contributed by atoms with Crippen LogP contribution in [-0.4, -0.2) is 51.6 Å². The average molecular weight is 447 g/mol. The van der Waals surface area contributed by atoms with E-state index in [1.165, 1.54) is 8.61 Å². The first-order chi connectivity index (χ1) is 14.3. The van der Waals surface area contributed by atoms with Gasteiger partial charge in [-0.2, -0.15) is 8.61 Å². The van der Waals surface area contributed by atoms with Crippen molar-refractivity contribution in [3.8, 4) is 0 Å². The molecule has 1 heterocycles. The maximum absolute atomic E-state index is 13.3. The van der Waals surface area contributed by atoms with E-state index in [0.29, 0.717) is 37.3 Å². The highest BCUT2D eigenvalue weighted by Crippen LogP contribution is 2.29. The second-order valence-electron chi connectivity index (χ2n) is 7.78. The molecular formula is C22H26N2O4S2. The smallest absolute Gasteiger partial charge is 0.207 e. The van der Waals surface area contributed by atoms with Crippen molar-refractivity contribution in [1.29, 1.82) is 0 Å². The minimum absolute atomic E-state index is 0.152. The number of hydrogen-bond donors (Lipinski definition) is 0. The molecule has 0 radical (unpaired) electrons. The number of sulfonamides is 2. The van der Waals surface area contributed by atoms with Gasteiger partial charge in [0.05, 0.1) is 9.80 Å². The largest absolute Gasteiger partial charge is 0.243 e. The average Bonchev–Trinajstić information content (AvgIpc) is 3.01. The van der Waals surface area contributed by atoms with Gasteiger partial charge in [-0.15, -0.1) is 0 Å². The van der Waals surface area contributed by atoms with Gasteiger partial charge in [-0.1, -0.05) is 42.0 Å². The van der Waals surface area contributed by atoms with Crippen molar-refractivity contribution in [2.24, 2.45) is 0 Å². The standard InChI is InChI=1S/C22H26N2O4S2/c1-18-7-10-21(11-8-18)29(25,26)23-13-4-14-24(16-15-23)30(27,28)22-12-9-19-5-2-3-6-20(19)17-22/h2-3,5-8,10-11,17H,4,9,12-16H2,1H3. The zero-order valence-electron chi connectivity index (χ0n) is 17.0. The predicted octanol–water partition coefficient (Wildman–Crippen LogP) is 3.01. The molecule has 8 heteroatoms. The monoisotopic (exact) mass is 446 g/mol. The van der Waals surface area contributed by atoms with Gasteiger partial charge in [-0.3, -0.25) is 0 Å². The summed E-state index contributed by atoms with van der Waals surface area (Å²) in [5, 5.41) is 0. The lowest BCUT2D eigenvalue weighted by Crippen LogP contribution is -2.38. The summed E-state index contributed by atoms with van der Waals surface area (Å²) >= 11 is 0. The SMILES string of the molecule is Cc1ccc(S(=O)(=O)N2CCCN(S(=O)(=O)C3=Cc4ccccc4CC3)CC2)cc1. The molecule has 30 heavy (non-hydrogen) atoms. The van der Waals surface area contributed by atoms with Gasteiger partial charge in [-0.05, 0) is 55.5 Å². The number of aryl methyl sites for hydroxylation is 2. The summed E-state index contributed by atoms with van der Waals surface area (Å²) in [4.78, 5) is 0.659. The van der Waals surface area contributed by atoms with Crippen LogP contribution in [0, 0.1) is 6.92 Å². The Balaban J connectivity index is 1.53. The lowest BCUT2D eigenvalue weighted by atomic mass is 9.98. The fraction of sp³-hybridized carbons (Fsp3) is 0.364. The van der Waals surface area contributed by atoms with E-state index in [-0.39, 0.29) is 18.0 Å². The Kier molecular flexibility index (Phi) is 5.85. The second-order valence-corrected chi connectivity index (χ2v) is 11.7. The van der Waals surface area contributed by atoms with Crippen LogP contribution in [0.4, 0.5) is 0 Å². The van der Waals surface area contributed by atoms with Crippen molar-refractivity contribution in [3.05, 3.63) is 70.1 Å². The topological polar surface area (TPSA) is 74.8 Å². The molecule has 2 aromatic rings. The Labute approximate surface area is 178 Å². The Morgan fingerprint density at radius 2 is 1.37 bits per heavy atom. The third-order valence-electron chi connectivity index (χ3n) is 5.76. The molecule has 2 aliphatic rings. The van der Waals surface area contributed by atoms with E-state index in [1.54, 1.807) is 30.3 Å². The highest BCUT2D eigenvalue weighted by Gasteiger charge is 2.33. The quantitative estimate of drug-likeness (QED) is 0.724. The highest BCUT2D eigenvalue weighted by molar-refractivity contribution is 7.93. The molecule has 0 saturated carbocycles. The number of hydrogen-bond acceptors (Lipinski definition) is 4. The van der Waals surface area contributed by atoms with Gasteiger partial charge in [-0.25, -0.2) is 16.8 Å². The number of fused-ring (bicyclic) bond motifs is 1. The van der Waals surface area contributed by atoms with Gasteiger partial charge in [0.1, 0.15) is 0 Å². The van der Waals surface area contributed by atoms with Crippen molar-refractivity contribution in [3.63, 3.8) is 0 Å². The number of allylic oxidation sites excluding steroid dienone is 1. The van der Waals surface area contributed by atoms with E-state index in [2.05, 4.69) is 0 Å². The second kappa shape index (κ2) is 8.26. The zero-order valence-corrected chi connectivity index (χ0v) is 18.6. The number of benzene rings is 2. The molecule has 0 spiro atoms. The molecule has 1 aliphatic heterocycles. The molecule has 2 aromatic carbocycles. The fourth-order valence-electron chi connectivity index (χ4n) is 3.99. The third kappa shape index (κ3) is 4.09. The van der Waals surface area contributed by atoms with Crippen LogP contribution in [0.2, 0.25) is 0 Å². The lowest BCUT2D eigenvalue weighted by molar-refractivity contribution is 0.406. The van der Waals surface area contributed by atoms with Crippen LogP contribution in [0.1, 0.15) is 29.5 Å². The van der Waals surface area contributed by atoms with Crippen molar-refractivity contribution in [1.82, 2.24) is 8.61 Å². The van der Waals surface area contributed by atoms with Crippen LogP contribution in [0.15, 0.2) is 58.3 Å². The molecule has 0 atom stereocenters. The van der Waals surface area contributed by atoms with Crippen molar-refractivity contribution in [2.45, 2.75) is 31.1 Å². The molecule has 0 bridgehead atoms. The molecule has 1 aliphatic carbocycles. The maximum Gasteiger partial charge on any atom is 0.243 e. The summed E-state index contributed by atoms with van der Waals surface area (Å²) in [5.41, 5.74) is 3.09. The minimum Gasteiger partial charge on any atom is -0.207 e. The maximum atomic E-state index is 13.3. The van der Waals surface area contributed by atoms with E-state index in [9.17, 15) is 16.8 Å². The van der Waals surface area contributed by atoms with Gasteiger partial charge in [0.25, 0.3) is 0 Å². The molecule has 1 saturated heterocycles. The first-order valence-corrected chi connectivity index (χ1v) is 13.0. The van der Waals surface area contributed by atoms with Crippen LogP contribution in [0.5, 0.6) is 0 Å².